The fourth-order valence-corrected chi connectivity index (χ4v) is 4.31. The first kappa shape index (κ1) is 14.9. The Hall–Kier alpha value is -0.550. The second-order valence-corrected chi connectivity index (χ2v) is 7.93. The van der Waals surface area contributed by atoms with Crippen molar-refractivity contribution < 1.29 is 4.79 Å². The van der Waals surface area contributed by atoms with Crippen LogP contribution in [-0.4, -0.2) is 22.2 Å². The molecule has 0 spiro atoms. The van der Waals surface area contributed by atoms with Crippen molar-refractivity contribution in [2.75, 3.05) is 0 Å². The first-order valence-electron chi connectivity index (χ1n) is 6.93. The fraction of sp³-hybridized carbons (Fsp3) is 0.714. The Bertz CT molecular complexity index is 425. The lowest BCUT2D eigenvalue weighted by Gasteiger charge is -2.27. The molecule has 2 rings (SSSR count). The van der Waals surface area contributed by atoms with Gasteiger partial charge in [-0.15, -0.1) is 11.3 Å². The van der Waals surface area contributed by atoms with Crippen LogP contribution in [0.1, 0.15) is 45.2 Å². The molecule has 1 fully saturated rings. The van der Waals surface area contributed by atoms with Gasteiger partial charge < -0.3 is 5.32 Å². The number of aryl methyl sites for hydroxylation is 1. The highest BCUT2D eigenvalue weighted by atomic mass is 32.2. The third-order valence-corrected chi connectivity index (χ3v) is 5.80. The molecule has 1 aromatic rings. The van der Waals surface area contributed by atoms with Gasteiger partial charge in [0.05, 0.1) is 5.25 Å². The first-order valence-corrected chi connectivity index (χ1v) is 8.69. The predicted molar refractivity (Wildman–Crippen MR) is 81.7 cm³/mol. The minimum atomic E-state index is -0.0649. The van der Waals surface area contributed by atoms with Gasteiger partial charge in [0.15, 0.2) is 4.34 Å². The number of amides is 1. The van der Waals surface area contributed by atoms with Gasteiger partial charge in [-0.3, -0.25) is 4.79 Å². The maximum atomic E-state index is 12.1. The molecular weight excluding hydrogens is 276 g/mol. The predicted octanol–water partition coefficient (Wildman–Crippen LogP) is 3.63. The highest BCUT2D eigenvalue weighted by Gasteiger charge is 2.23. The molecule has 1 saturated carbocycles. The summed E-state index contributed by atoms with van der Waals surface area (Å²) in [6.45, 7) is 6.23. The maximum Gasteiger partial charge on any atom is 0.233 e. The smallest absolute Gasteiger partial charge is 0.233 e. The molecule has 1 N–H and O–H groups in total. The Morgan fingerprint density at radius 1 is 1.47 bits per heavy atom. The Kier molecular flexibility index (Phi) is 5.28. The average Bonchev–Trinajstić information content (AvgIpc) is 2.77. The van der Waals surface area contributed by atoms with Crippen LogP contribution in [0.2, 0.25) is 0 Å². The van der Waals surface area contributed by atoms with Crippen molar-refractivity contribution in [2.24, 2.45) is 5.92 Å². The van der Waals surface area contributed by atoms with Crippen LogP contribution in [0.5, 0.6) is 0 Å². The van der Waals surface area contributed by atoms with Gasteiger partial charge in [0.1, 0.15) is 0 Å². The van der Waals surface area contributed by atoms with Gasteiger partial charge in [-0.2, -0.15) is 0 Å². The summed E-state index contributed by atoms with van der Waals surface area (Å²) in [5.41, 5.74) is 1.03. The Morgan fingerprint density at radius 3 is 2.74 bits per heavy atom. The van der Waals surface area contributed by atoms with Crippen molar-refractivity contribution in [2.45, 2.75) is 62.1 Å². The van der Waals surface area contributed by atoms with E-state index in [-0.39, 0.29) is 11.2 Å². The van der Waals surface area contributed by atoms with E-state index in [1.54, 1.807) is 23.1 Å². The Labute approximate surface area is 123 Å². The summed E-state index contributed by atoms with van der Waals surface area (Å²) in [6, 6.07) is 0.379. The SMILES string of the molecule is Cc1csc(S[C@H](C)C(=O)NC2CCC(C)CC2)n1. The molecular formula is C14H22N2OS2. The fourth-order valence-electron chi connectivity index (χ4n) is 2.31. The lowest BCUT2D eigenvalue weighted by Crippen LogP contribution is -2.41. The average molecular weight is 298 g/mol. The third kappa shape index (κ3) is 4.49. The van der Waals surface area contributed by atoms with E-state index in [0.717, 1.165) is 28.8 Å². The number of hydrogen-bond donors (Lipinski definition) is 1. The zero-order valence-corrected chi connectivity index (χ0v) is 13.4. The van der Waals surface area contributed by atoms with Gasteiger partial charge in [-0.05, 0) is 45.4 Å². The molecule has 1 aliphatic carbocycles. The largest absolute Gasteiger partial charge is 0.352 e. The number of thioether (sulfide) groups is 1. The molecule has 19 heavy (non-hydrogen) atoms. The number of hydrogen-bond acceptors (Lipinski definition) is 4. The maximum absolute atomic E-state index is 12.1. The molecule has 106 valence electrons. The molecule has 0 radical (unpaired) electrons. The number of nitrogens with one attached hydrogen (secondary N) is 1. The van der Waals surface area contributed by atoms with E-state index in [4.69, 9.17) is 0 Å². The number of carbonyl (C=O) groups is 1. The van der Waals surface area contributed by atoms with Crippen molar-refractivity contribution in [3.8, 4) is 0 Å². The summed E-state index contributed by atoms with van der Waals surface area (Å²) in [4.78, 5) is 16.5. The number of rotatable bonds is 4. The minimum absolute atomic E-state index is 0.0649. The van der Waals surface area contributed by atoms with E-state index in [1.165, 1.54) is 12.8 Å². The normalized spacial score (nSPS) is 25.0. The number of thiazole rings is 1. The van der Waals surface area contributed by atoms with Gasteiger partial charge in [-0.1, -0.05) is 18.7 Å². The zero-order valence-electron chi connectivity index (χ0n) is 11.8. The summed E-state index contributed by atoms with van der Waals surface area (Å²) < 4.78 is 0.984. The van der Waals surface area contributed by atoms with E-state index >= 15 is 0 Å². The molecule has 3 nitrogen and oxygen atoms in total. The summed E-state index contributed by atoms with van der Waals surface area (Å²) in [5, 5.41) is 5.14. The van der Waals surface area contributed by atoms with Crippen LogP contribution in [0, 0.1) is 12.8 Å². The van der Waals surface area contributed by atoms with Gasteiger partial charge in [0.2, 0.25) is 5.91 Å². The summed E-state index contributed by atoms with van der Waals surface area (Å²) in [6.07, 6.45) is 4.72. The molecule has 1 amide bonds. The highest BCUT2D eigenvalue weighted by Crippen LogP contribution is 2.28. The molecule has 5 heteroatoms. The second kappa shape index (κ2) is 6.75. The van der Waals surface area contributed by atoms with Crippen LogP contribution < -0.4 is 5.32 Å². The van der Waals surface area contributed by atoms with Crippen LogP contribution >= 0.6 is 23.1 Å². The van der Waals surface area contributed by atoms with E-state index in [2.05, 4.69) is 17.2 Å². The van der Waals surface area contributed by atoms with Crippen molar-refractivity contribution in [3.05, 3.63) is 11.1 Å². The van der Waals surface area contributed by atoms with E-state index in [0.29, 0.717) is 6.04 Å². The van der Waals surface area contributed by atoms with Gasteiger partial charge in [0.25, 0.3) is 0 Å². The van der Waals surface area contributed by atoms with Crippen molar-refractivity contribution >= 4 is 29.0 Å². The summed E-state index contributed by atoms with van der Waals surface area (Å²) >= 11 is 3.17. The first-order chi connectivity index (χ1) is 9.04. The number of carbonyl (C=O) groups excluding carboxylic acids is 1. The van der Waals surface area contributed by atoms with Crippen LogP contribution in [0.4, 0.5) is 0 Å². The van der Waals surface area contributed by atoms with Gasteiger partial charge in [0, 0.05) is 17.1 Å². The molecule has 0 unspecified atom stereocenters. The number of nitrogens with zero attached hydrogens (tertiary/aromatic N) is 1. The van der Waals surface area contributed by atoms with E-state index in [1.807, 2.05) is 19.2 Å². The minimum Gasteiger partial charge on any atom is -0.352 e. The number of aromatic nitrogens is 1. The monoisotopic (exact) mass is 298 g/mol. The third-order valence-electron chi connectivity index (χ3n) is 3.61. The van der Waals surface area contributed by atoms with Crippen molar-refractivity contribution in [1.82, 2.24) is 10.3 Å². The van der Waals surface area contributed by atoms with Crippen molar-refractivity contribution in [1.29, 1.82) is 0 Å². The summed E-state index contributed by atoms with van der Waals surface area (Å²) in [5.74, 6) is 0.968. The highest BCUT2D eigenvalue weighted by molar-refractivity contribution is 8.02. The molecule has 0 saturated heterocycles. The topological polar surface area (TPSA) is 42.0 Å². The molecule has 0 bridgehead atoms. The molecule has 0 aromatic carbocycles. The Balaban J connectivity index is 1.79. The molecule has 1 aliphatic rings. The molecule has 1 atom stereocenters. The molecule has 1 aromatic heterocycles. The zero-order chi connectivity index (χ0) is 13.8. The van der Waals surface area contributed by atoms with Crippen LogP contribution in [0.15, 0.2) is 9.72 Å². The van der Waals surface area contributed by atoms with Gasteiger partial charge >= 0.3 is 0 Å². The lowest BCUT2D eigenvalue weighted by atomic mass is 9.87. The van der Waals surface area contributed by atoms with Gasteiger partial charge in [-0.25, -0.2) is 4.98 Å². The van der Waals surface area contributed by atoms with Crippen LogP contribution in [0.25, 0.3) is 0 Å². The van der Waals surface area contributed by atoms with Crippen LogP contribution in [0.3, 0.4) is 0 Å². The molecule has 0 aliphatic heterocycles. The van der Waals surface area contributed by atoms with Crippen LogP contribution in [-0.2, 0) is 4.79 Å². The quantitative estimate of drug-likeness (QED) is 0.863. The molecule has 1 heterocycles. The van der Waals surface area contributed by atoms with E-state index < -0.39 is 0 Å². The lowest BCUT2D eigenvalue weighted by molar-refractivity contribution is -0.121. The van der Waals surface area contributed by atoms with Crippen molar-refractivity contribution in [3.63, 3.8) is 0 Å². The second-order valence-electron chi connectivity index (χ2n) is 5.48. The standard InChI is InChI=1S/C14H22N2OS2/c1-9-4-6-12(7-5-9)16-13(17)11(3)19-14-15-10(2)8-18-14/h8-9,11-12H,4-7H2,1-3H3,(H,16,17)/t9?,11-,12?/m1/s1. The van der Waals surface area contributed by atoms with E-state index in [9.17, 15) is 4.79 Å². The Morgan fingerprint density at radius 2 is 2.16 bits per heavy atom. The summed E-state index contributed by atoms with van der Waals surface area (Å²) in [7, 11) is 0.